The highest BCUT2D eigenvalue weighted by molar-refractivity contribution is 5.95. The minimum atomic E-state index is -0.0720. The van der Waals surface area contributed by atoms with Gasteiger partial charge in [0.05, 0.1) is 0 Å². The molecule has 4 heteroatoms. The normalized spacial score (nSPS) is 10.8. The minimum absolute atomic E-state index is 0.0720. The van der Waals surface area contributed by atoms with Gasteiger partial charge in [0.25, 0.3) is 11.8 Å². The van der Waals surface area contributed by atoms with Gasteiger partial charge in [0.1, 0.15) is 0 Å². The Balaban J connectivity index is 2.12. The Kier molecular flexibility index (Phi) is 5.74. The van der Waals surface area contributed by atoms with Crippen molar-refractivity contribution in [2.75, 3.05) is 0 Å². The summed E-state index contributed by atoms with van der Waals surface area (Å²) in [6.07, 6.45) is 0. The Labute approximate surface area is 143 Å². The van der Waals surface area contributed by atoms with Gasteiger partial charge in [0.2, 0.25) is 0 Å². The lowest BCUT2D eigenvalue weighted by Crippen LogP contribution is -2.30. The molecule has 2 amide bonds. The van der Waals surface area contributed by atoms with Crippen LogP contribution in [-0.2, 0) is 0 Å². The van der Waals surface area contributed by atoms with Crippen molar-refractivity contribution in [2.45, 2.75) is 39.8 Å². The van der Waals surface area contributed by atoms with E-state index in [9.17, 15) is 9.59 Å². The van der Waals surface area contributed by atoms with Crippen molar-refractivity contribution in [3.05, 3.63) is 59.7 Å². The van der Waals surface area contributed by atoms with Crippen molar-refractivity contribution >= 4 is 11.8 Å². The molecule has 0 aliphatic carbocycles. The average molecular weight is 324 g/mol. The molecule has 0 heterocycles. The van der Waals surface area contributed by atoms with Crippen molar-refractivity contribution < 1.29 is 9.59 Å². The van der Waals surface area contributed by atoms with Crippen LogP contribution in [0.3, 0.4) is 0 Å². The number of hydrogen-bond donors (Lipinski definition) is 2. The molecule has 0 fully saturated rings. The van der Waals surface area contributed by atoms with Gasteiger partial charge >= 0.3 is 0 Å². The molecule has 4 nitrogen and oxygen atoms in total. The standard InChI is InChI=1S/C20H24N2O2/c1-13(2)21-19(23)17-9-5-15(6-10-17)16-7-11-18(12-8-16)20(24)22-14(3)4/h5-14H,1-4H3,(H,21,23)(H,22,24). The Bertz CT molecular complexity index is 638. The summed E-state index contributed by atoms with van der Waals surface area (Å²) in [7, 11) is 0. The van der Waals surface area contributed by atoms with Gasteiger partial charge in [-0.05, 0) is 63.1 Å². The van der Waals surface area contributed by atoms with E-state index in [4.69, 9.17) is 0 Å². The van der Waals surface area contributed by atoms with Crippen LogP contribution in [0, 0.1) is 0 Å². The lowest BCUT2D eigenvalue weighted by molar-refractivity contribution is 0.0934. The third-order valence-corrected chi connectivity index (χ3v) is 3.47. The Morgan fingerprint density at radius 1 is 0.625 bits per heavy atom. The van der Waals surface area contributed by atoms with Gasteiger partial charge < -0.3 is 10.6 Å². The van der Waals surface area contributed by atoms with E-state index in [-0.39, 0.29) is 23.9 Å². The number of carbonyl (C=O) groups excluding carboxylic acids is 2. The zero-order valence-corrected chi connectivity index (χ0v) is 14.6. The quantitative estimate of drug-likeness (QED) is 0.882. The molecule has 0 bridgehead atoms. The molecule has 0 radical (unpaired) electrons. The molecule has 24 heavy (non-hydrogen) atoms. The van der Waals surface area contributed by atoms with Crippen LogP contribution in [0.5, 0.6) is 0 Å². The van der Waals surface area contributed by atoms with E-state index in [2.05, 4.69) is 10.6 Å². The summed E-state index contributed by atoms with van der Waals surface area (Å²) < 4.78 is 0. The van der Waals surface area contributed by atoms with Gasteiger partial charge in [-0.25, -0.2) is 0 Å². The molecule has 2 aromatic rings. The summed E-state index contributed by atoms with van der Waals surface area (Å²) in [5.74, 6) is -0.144. The van der Waals surface area contributed by atoms with Crippen LogP contribution >= 0.6 is 0 Å². The second-order valence-electron chi connectivity index (χ2n) is 6.41. The SMILES string of the molecule is CC(C)NC(=O)c1ccc(-c2ccc(C(=O)NC(C)C)cc2)cc1. The summed E-state index contributed by atoms with van der Waals surface area (Å²) in [5, 5.41) is 5.74. The molecule has 2 rings (SSSR count). The van der Waals surface area contributed by atoms with E-state index in [1.54, 1.807) is 0 Å². The number of amides is 2. The van der Waals surface area contributed by atoms with Crippen molar-refractivity contribution in [3.8, 4) is 11.1 Å². The molecule has 0 aliphatic rings. The Hall–Kier alpha value is -2.62. The van der Waals surface area contributed by atoms with Gasteiger partial charge in [-0.2, -0.15) is 0 Å². The first-order valence-corrected chi connectivity index (χ1v) is 8.19. The van der Waals surface area contributed by atoms with Crippen LogP contribution in [0.15, 0.2) is 48.5 Å². The summed E-state index contributed by atoms with van der Waals surface area (Å²) in [6, 6.07) is 15.1. The molecule has 2 aromatic carbocycles. The second kappa shape index (κ2) is 7.77. The minimum Gasteiger partial charge on any atom is -0.350 e. The summed E-state index contributed by atoms with van der Waals surface area (Å²) in [4.78, 5) is 23.9. The van der Waals surface area contributed by atoms with Gasteiger partial charge in [-0.3, -0.25) is 9.59 Å². The molecule has 0 saturated heterocycles. The lowest BCUT2D eigenvalue weighted by atomic mass is 10.0. The molecular weight excluding hydrogens is 300 g/mol. The predicted octanol–water partition coefficient (Wildman–Crippen LogP) is 3.63. The van der Waals surface area contributed by atoms with Crippen LogP contribution in [0.1, 0.15) is 48.4 Å². The first-order chi connectivity index (χ1) is 11.4. The van der Waals surface area contributed by atoms with Gasteiger partial charge in [-0.15, -0.1) is 0 Å². The molecule has 0 atom stereocenters. The van der Waals surface area contributed by atoms with Gasteiger partial charge in [0.15, 0.2) is 0 Å². The topological polar surface area (TPSA) is 58.2 Å². The maximum absolute atomic E-state index is 12.0. The van der Waals surface area contributed by atoms with Crippen molar-refractivity contribution in [2.24, 2.45) is 0 Å². The first kappa shape index (κ1) is 17.7. The maximum Gasteiger partial charge on any atom is 0.251 e. The highest BCUT2D eigenvalue weighted by Gasteiger charge is 2.09. The van der Waals surface area contributed by atoms with Crippen LogP contribution < -0.4 is 10.6 Å². The number of nitrogens with one attached hydrogen (secondary N) is 2. The Morgan fingerprint density at radius 3 is 1.17 bits per heavy atom. The zero-order valence-electron chi connectivity index (χ0n) is 14.6. The maximum atomic E-state index is 12.0. The van der Waals surface area contributed by atoms with E-state index >= 15 is 0 Å². The van der Waals surface area contributed by atoms with Crippen LogP contribution in [0.2, 0.25) is 0 Å². The van der Waals surface area contributed by atoms with Crippen molar-refractivity contribution in [1.29, 1.82) is 0 Å². The first-order valence-electron chi connectivity index (χ1n) is 8.19. The fraction of sp³-hybridized carbons (Fsp3) is 0.300. The second-order valence-corrected chi connectivity index (χ2v) is 6.41. The monoisotopic (exact) mass is 324 g/mol. The van der Waals surface area contributed by atoms with Gasteiger partial charge in [0, 0.05) is 23.2 Å². The van der Waals surface area contributed by atoms with Crippen LogP contribution in [0.4, 0.5) is 0 Å². The molecular formula is C20H24N2O2. The third-order valence-electron chi connectivity index (χ3n) is 3.47. The fourth-order valence-electron chi connectivity index (χ4n) is 2.32. The highest BCUT2D eigenvalue weighted by atomic mass is 16.2. The fourth-order valence-corrected chi connectivity index (χ4v) is 2.32. The third kappa shape index (κ3) is 4.69. The number of hydrogen-bond acceptors (Lipinski definition) is 2. The summed E-state index contributed by atoms with van der Waals surface area (Å²) in [5.41, 5.74) is 3.29. The average Bonchev–Trinajstić information content (AvgIpc) is 2.54. The molecule has 126 valence electrons. The smallest absolute Gasteiger partial charge is 0.251 e. The predicted molar refractivity (Wildman–Crippen MR) is 97.1 cm³/mol. The van der Waals surface area contributed by atoms with E-state index in [0.717, 1.165) is 11.1 Å². The van der Waals surface area contributed by atoms with E-state index in [1.807, 2.05) is 76.2 Å². The summed E-state index contributed by atoms with van der Waals surface area (Å²) >= 11 is 0. The largest absolute Gasteiger partial charge is 0.350 e. The molecule has 2 N–H and O–H groups in total. The molecule has 0 aliphatic heterocycles. The van der Waals surface area contributed by atoms with Gasteiger partial charge in [-0.1, -0.05) is 24.3 Å². The lowest BCUT2D eigenvalue weighted by Gasteiger charge is -2.10. The number of carbonyl (C=O) groups is 2. The van der Waals surface area contributed by atoms with E-state index in [1.165, 1.54) is 0 Å². The molecule has 0 aromatic heterocycles. The molecule has 0 spiro atoms. The number of benzene rings is 2. The Morgan fingerprint density at radius 2 is 0.917 bits per heavy atom. The molecule has 0 unspecified atom stereocenters. The van der Waals surface area contributed by atoms with Crippen LogP contribution in [0.25, 0.3) is 11.1 Å². The summed E-state index contributed by atoms with van der Waals surface area (Å²) in [6.45, 7) is 7.74. The zero-order chi connectivity index (χ0) is 17.7. The van der Waals surface area contributed by atoms with Crippen molar-refractivity contribution in [3.63, 3.8) is 0 Å². The number of rotatable bonds is 5. The van der Waals surface area contributed by atoms with Crippen molar-refractivity contribution in [1.82, 2.24) is 10.6 Å². The highest BCUT2D eigenvalue weighted by Crippen LogP contribution is 2.20. The van der Waals surface area contributed by atoms with E-state index < -0.39 is 0 Å². The molecule has 0 saturated carbocycles. The van der Waals surface area contributed by atoms with E-state index in [0.29, 0.717) is 11.1 Å². The van der Waals surface area contributed by atoms with Crippen LogP contribution in [-0.4, -0.2) is 23.9 Å².